The van der Waals surface area contributed by atoms with Crippen molar-refractivity contribution in [1.82, 2.24) is 5.32 Å². The molecule has 0 heterocycles. The van der Waals surface area contributed by atoms with E-state index in [0.29, 0.717) is 11.1 Å². The summed E-state index contributed by atoms with van der Waals surface area (Å²) >= 11 is 0. The first-order chi connectivity index (χ1) is 12.5. The van der Waals surface area contributed by atoms with Crippen LogP contribution in [0.15, 0.2) is 60.7 Å². The predicted molar refractivity (Wildman–Crippen MR) is 100.0 cm³/mol. The Morgan fingerprint density at radius 3 is 2.00 bits per heavy atom. The van der Waals surface area contributed by atoms with Gasteiger partial charge in [0.2, 0.25) is 0 Å². The van der Waals surface area contributed by atoms with E-state index in [-0.39, 0.29) is 13.2 Å². The first-order valence-corrected chi connectivity index (χ1v) is 10.1. The molecule has 0 spiro atoms. The number of carbonyl (C=O) groups is 1. The van der Waals surface area contributed by atoms with Gasteiger partial charge in [0.1, 0.15) is 0 Å². The Hall–Kier alpha value is -1.98. The molecule has 0 aliphatic heterocycles. The fourth-order valence-electron chi connectivity index (χ4n) is 2.54. The molecule has 0 saturated heterocycles. The van der Waals surface area contributed by atoms with Crippen LogP contribution in [0.2, 0.25) is 0 Å². The lowest BCUT2D eigenvalue weighted by atomic mass is 10.1. The van der Waals surface area contributed by atoms with Crippen LogP contribution in [0.25, 0.3) is 0 Å². The first-order valence-electron chi connectivity index (χ1n) is 8.49. The fourth-order valence-corrected chi connectivity index (χ4v) is 4.25. The van der Waals surface area contributed by atoms with E-state index in [1.165, 1.54) is 0 Å². The van der Waals surface area contributed by atoms with Gasteiger partial charge in [-0.25, -0.2) is 0 Å². The smallest absolute Gasteiger partial charge is 0.361 e. The molecule has 0 aliphatic rings. The molecule has 0 saturated carbocycles. The highest BCUT2D eigenvalue weighted by Crippen LogP contribution is 2.55. The van der Waals surface area contributed by atoms with Crippen molar-refractivity contribution in [3.05, 3.63) is 71.8 Å². The van der Waals surface area contributed by atoms with E-state index >= 15 is 0 Å². The van der Waals surface area contributed by atoms with E-state index in [0.717, 1.165) is 0 Å². The number of nitrogens with one attached hydrogen (secondary N) is 1. The van der Waals surface area contributed by atoms with Gasteiger partial charge in [0.25, 0.3) is 5.91 Å². The third-order valence-corrected chi connectivity index (χ3v) is 5.90. The predicted octanol–water partition coefficient (Wildman–Crippen LogP) is 3.74. The molecule has 2 aromatic rings. The van der Waals surface area contributed by atoms with E-state index in [2.05, 4.69) is 5.32 Å². The maximum atomic E-state index is 13.0. The molecular formula is C19H24NO5P. The summed E-state index contributed by atoms with van der Waals surface area (Å²) in [7, 11) is -3.84. The zero-order valence-corrected chi connectivity index (χ0v) is 15.8. The number of benzene rings is 2. The highest BCUT2D eigenvalue weighted by Gasteiger charge is 2.41. The Kier molecular flexibility index (Phi) is 7.54. The minimum Gasteiger partial charge on any atom is -0.378 e. The molecule has 7 heteroatoms. The monoisotopic (exact) mass is 377 g/mol. The molecule has 0 unspecified atom stereocenters. The van der Waals surface area contributed by atoms with Gasteiger partial charge in [-0.1, -0.05) is 48.5 Å². The topological polar surface area (TPSA) is 84.9 Å². The lowest BCUT2D eigenvalue weighted by Crippen LogP contribution is -2.37. The minimum absolute atomic E-state index is 0.114. The number of aliphatic hydroxyl groups is 1. The van der Waals surface area contributed by atoms with E-state index in [1.54, 1.807) is 68.4 Å². The molecule has 140 valence electrons. The molecule has 2 rings (SSSR count). The summed E-state index contributed by atoms with van der Waals surface area (Å²) in [5.74, 6) is -1.93. The van der Waals surface area contributed by atoms with Crippen LogP contribution in [0.3, 0.4) is 0 Å². The lowest BCUT2D eigenvalue weighted by Gasteiger charge is -2.29. The van der Waals surface area contributed by atoms with Gasteiger partial charge in [-0.15, -0.1) is 0 Å². The number of hydrogen-bond donors (Lipinski definition) is 2. The largest absolute Gasteiger partial charge is 0.378 e. The molecule has 2 atom stereocenters. The summed E-state index contributed by atoms with van der Waals surface area (Å²) in [5.41, 5.74) is 1.03. The van der Waals surface area contributed by atoms with Crippen LogP contribution in [0.1, 0.15) is 35.8 Å². The third kappa shape index (κ3) is 5.02. The molecule has 0 aromatic heterocycles. The quantitative estimate of drug-likeness (QED) is 0.650. The Balaban J connectivity index is 2.35. The minimum atomic E-state index is -3.84. The maximum Gasteiger partial charge on any atom is 0.361 e. The summed E-state index contributed by atoms with van der Waals surface area (Å²) in [6.07, 6.45) is 0. The molecule has 2 N–H and O–H groups in total. The van der Waals surface area contributed by atoms with Crippen molar-refractivity contribution in [2.24, 2.45) is 0 Å². The van der Waals surface area contributed by atoms with Gasteiger partial charge in [-0.2, -0.15) is 0 Å². The van der Waals surface area contributed by atoms with Gasteiger partial charge in [0.15, 0.2) is 5.85 Å². The molecular weight excluding hydrogens is 353 g/mol. The molecule has 0 fully saturated rings. The summed E-state index contributed by atoms with van der Waals surface area (Å²) in [5, 5.41) is 13.6. The average Bonchev–Trinajstić information content (AvgIpc) is 2.67. The summed E-state index contributed by atoms with van der Waals surface area (Å²) in [6.45, 7) is 3.56. The number of aliphatic hydroxyl groups excluding tert-OH is 1. The van der Waals surface area contributed by atoms with Gasteiger partial charge < -0.3 is 19.5 Å². The Bertz CT molecular complexity index is 728. The van der Waals surface area contributed by atoms with Crippen molar-refractivity contribution in [3.8, 4) is 0 Å². The number of hydrogen-bond acceptors (Lipinski definition) is 5. The van der Waals surface area contributed by atoms with Gasteiger partial charge in [0, 0.05) is 5.56 Å². The van der Waals surface area contributed by atoms with Crippen LogP contribution in [0, 0.1) is 0 Å². The Morgan fingerprint density at radius 2 is 1.50 bits per heavy atom. The molecule has 26 heavy (non-hydrogen) atoms. The Morgan fingerprint density at radius 1 is 1.00 bits per heavy atom. The van der Waals surface area contributed by atoms with Gasteiger partial charge in [-0.3, -0.25) is 9.36 Å². The van der Waals surface area contributed by atoms with E-state index in [4.69, 9.17) is 9.05 Å². The normalized spacial score (nSPS) is 13.8. The number of rotatable bonds is 9. The molecule has 0 bridgehead atoms. The summed E-state index contributed by atoms with van der Waals surface area (Å²) in [6, 6.07) is 16.5. The molecule has 0 radical (unpaired) electrons. The van der Waals surface area contributed by atoms with Gasteiger partial charge in [-0.05, 0) is 31.5 Å². The van der Waals surface area contributed by atoms with Crippen molar-refractivity contribution in [1.29, 1.82) is 0 Å². The third-order valence-electron chi connectivity index (χ3n) is 3.72. The Labute approximate surface area is 153 Å². The van der Waals surface area contributed by atoms with Crippen LogP contribution in [-0.2, 0) is 13.6 Å². The molecule has 2 aromatic carbocycles. The van der Waals surface area contributed by atoms with Crippen molar-refractivity contribution < 1.29 is 23.5 Å². The van der Waals surface area contributed by atoms with Crippen LogP contribution in [0.4, 0.5) is 0 Å². The van der Waals surface area contributed by atoms with Crippen LogP contribution in [-0.4, -0.2) is 30.1 Å². The van der Waals surface area contributed by atoms with Crippen LogP contribution < -0.4 is 5.32 Å². The van der Waals surface area contributed by atoms with E-state index < -0.39 is 25.4 Å². The zero-order chi connectivity index (χ0) is 19.0. The second kappa shape index (κ2) is 9.64. The van der Waals surface area contributed by atoms with Gasteiger partial charge in [0.05, 0.1) is 19.3 Å². The van der Waals surface area contributed by atoms with E-state index in [9.17, 15) is 14.5 Å². The van der Waals surface area contributed by atoms with Crippen LogP contribution in [0.5, 0.6) is 0 Å². The summed E-state index contributed by atoms with van der Waals surface area (Å²) in [4.78, 5) is 12.6. The highest BCUT2D eigenvalue weighted by molar-refractivity contribution is 7.54. The summed E-state index contributed by atoms with van der Waals surface area (Å²) < 4.78 is 23.5. The van der Waals surface area contributed by atoms with Crippen molar-refractivity contribution in [2.45, 2.75) is 25.7 Å². The average molecular weight is 377 g/mol. The standard InChI is InChI=1S/C19H24NO5P/c1-3-24-26(23,25-4-2)19(22)17(15-11-7-5-8-12-15)20-18(21)16-13-9-6-10-14-16/h5-14,17,19,22H,3-4H2,1-2H3,(H,20,21)/t17-,19-/m1/s1. The molecule has 6 nitrogen and oxygen atoms in total. The lowest BCUT2D eigenvalue weighted by molar-refractivity contribution is 0.0862. The first kappa shape index (κ1) is 20.3. The van der Waals surface area contributed by atoms with Gasteiger partial charge >= 0.3 is 7.60 Å². The highest BCUT2D eigenvalue weighted by atomic mass is 31.2. The van der Waals surface area contributed by atoms with E-state index in [1.807, 2.05) is 6.07 Å². The zero-order valence-electron chi connectivity index (χ0n) is 14.9. The van der Waals surface area contributed by atoms with Crippen molar-refractivity contribution in [2.75, 3.05) is 13.2 Å². The van der Waals surface area contributed by atoms with Crippen molar-refractivity contribution >= 4 is 13.5 Å². The second-order valence-electron chi connectivity index (χ2n) is 5.52. The maximum absolute atomic E-state index is 13.0. The molecule has 1 amide bonds. The number of carbonyl (C=O) groups excluding carboxylic acids is 1. The SMILES string of the molecule is CCOP(=O)(OCC)[C@@H](O)[C@H](NC(=O)c1ccccc1)c1ccccc1. The van der Waals surface area contributed by atoms with Crippen molar-refractivity contribution in [3.63, 3.8) is 0 Å². The van der Waals surface area contributed by atoms with Crippen LogP contribution >= 0.6 is 7.60 Å². The second-order valence-corrected chi connectivity index (χ2v) is 7.64. The molecule has 0 aliphatic carbocycles. The number of amides is 1. The fraction of sp³-hybridized carbons (Fsp3) is 0.316.